The highest BCUT2D eigenvalue weighted by Gasteiger charge is 2.23. The summed E-state index contributed by atoms with van der Waals surface area (Å²) in [6.07, 6.45) is 1.71. The number of anilines is 3. The van der Waals surface area contributed by atoms with E-state index < -0.39 is 6.03 Å². The van der Waals surface area contributed by atoms with Gasteiger partial charge in [0.15, 0.2) is 0 Å². The zero-order valence-corrected chi connectivity index (χ0v) is 17.4. The smallest absolute Gasteiger partial charge is 0.305 e. The highest BCUT2D eigenvalue weighted by atomic mass is 16.2. The number of rotatable bonds is 7. The van der Waals surface area contributed by atoms with E-state index in [1.807, 2.05) is 121 Å². The second-order valence-electron chi connectivity index (χ2n) is 6.87. The van der Waals surface area contributed by atoms with Gasteiger partial charge < -0.3 is 5.32 Å². The zero-order valence-electron chi connectivity index (χ0n) is 17.4. The van der Waals surface area contributed by atoms with Crippen LogP contribution in [0.4, 0.5) is 21.9 Å². The molecular weight excluding hydrogens is 398 g/mol. The predicted octanol–water partition coefficient (Wildman–Crippen LogP) is 6.00. The van der Waals surface area contributed by atoms with Crippen LogP contribution in [0.15, 0.2) is 126 Å². The Kier molecular flexibility index (Phi) is 6.75. The molecule has 0 atom stereocenters. The van der Waals surface area contributed by atoms with E-state index in [-0.39, 0.29) is 0 Å². The fourth-order valence-electron chi connectivity index (χ4n) is 2.97. The molecule has 0 aliphatic heterocycles. The first kappa shape index (κ1) is 20.7. The van der Waals surface area contributed by atoms with Crippen molar-refractivity contribution in [2.45, 2.75) is 0 Å². The molecule has 0 fully saturated rings. The van der Waals surface area contributed by atoms with Crippen LogP contribution in [-0.2, 0) is 0 Å². The highest BCUT2D eigenvalue weighted by Crippen LogP contribution is 2.20. The number of hydrazine groups is 2. The summed E-state index contributed by atoms with van der Waals surface area (Å²) in [4.78, 5) is 13.4. The van der Waals surface area contributed by atoms with Gasteiger partial charge in [0.1, 0.15) is 0 Å². The fraction of sp³-hybridized carbons (Fsp3) is 0. The standard InChI is InChI=1S/C26H23N5O/c32-26(28-23-15-7-2-8-16-23)31(29-24-17-9-3-10-18-24)30(25-19-11-4-12-20-25)27-21-22-13-5-1-6-14-22/h1-21,29H,(H,28,32)/b27-21+. The number of nitrogens with one attached hydrogen (secondary N) is 2. The number of carbonyl (C=O) groups is 1. The number of amides is 2. The molecule has 4 rings (SSSR count). The first-order valence-electron chi connectivity index (χ1n) is 10.2. The van der Waals surface area contributed by atoms with Crippen LogP contribution in [0.3, 0.4) is 0 Å². The first-order chi connectivity index (χ1) is 15.8. The van der Waals surface area contributed by atoms with Crippen molar-refractivity contribution in [3.05, 3.63) is 127 Å². The van der Waals surface area contributed by atoms with Crippen LogP contribution < -0.4 is 15.9 Å². The predicted molar refractivity (Wildman–Crippen MR) is 130 cm³/mol. The molecule has 158 valence electrons. The Bertz CT molecular complexity index is 1140. The third-order valence-corrected chi connectivity index (χ3v) is 4.52. The van der Waals surface area contributed by atoms with Gasteiger partial charge in [0.2, 0.25) is 0 Å². The van der Waals surface area contributed by atoms with E-state index in [4.69, 9.17) is 0 Å². The lowest BCUT2D eigenvalue weighted by molar-refractivity contribution is 0.217. The SMILES string of the molecule is O=C(Nc1ccccc1)N(Nc1ccccc1)N(/N=C/c1ccccc1)c1ccccc1. The fourth-order valence-corrected chi connectivity index (χ4v) is 2.97. The molecule has 6 nitrogen and oxygen atoms in total. The Balaban J connectivity index is 1.71. The van der Waals surface area contributed by atoms with E-state index in [0.717, 1.165) is 11.3 Å². The minimum absolute atomic E-state index is 0.394. The molecule has 32 heavy (non-hydrogen) atoms. The Morgan fingerprint density at radius 1 is 0.656 bits per heavy atom. The Morgan fingerprint density at radius 2 is 1.16 bits per heavy atom. The van der Waals surface area contributed by atoms with Crippen molar-refractivity contribution in [3.8, 4) is 0 Å². The molecule has 0 saturated heterocycles. The molecule has 0 spiro atoms. The molecule has 0 radical (unpaired) electrons. The van der Waals surface area contributed by atoms with Gasteiger partial charge in [-0.1, -0.05) is 84.9 Å². The lowest BCUT2D eigenvalue weighted by atomic mass is 10.2. The van der Waals surface area contributed by atoms with Crippen LogP contribution in [0.2, 0.25) is 0 Å². The maximum absolute atomic E-state index is 13.4. The number of para-hydroxylation sites is 3. The van der Waals surface area contributed by atoms with E-state index in [9.17, 15) is 4.79 Å². The molecule has 0 saturated carbocycles. The van der Waals surface area contributed by atoms with Gasteiger partial charge in [0.05, 0.1) is 17.6 Å². The summed E-state index contributed by atoms with van der Waals surface area (Å²) < 4.78 is 0. The van der Waals surface area contributed by atoms with Crippen molar-refractivity contribution in [3.63, 3.8) is 0 Å². The van der Waals surface area contributed by atoms with Crippen LogP contribution in [0.1, 0.15) is 5.56 Å². The summed E-state index contributed by atoms with van der Waals surface area (Å²) in [5.41, 5.74) is 6.22. The summed E-state index contributed by atoms with van der Waals surface area (Å²) in [5, 5.41) is 10.4. The lowest BCUT2D eigenvalue weighted by Gasteiger charge is -2.32. The quantitative estimate of drug-likeness (QED) is 0.284. The largest absolute Gasteiger partial charge is 0.362 e. The number of carbonyl (C=O) groups excluding carboxylic acids is 1. The second kappa shape index (κ2) is 10.4. The number of benzene rings is 4. The van der Waals surface area contributed by atoms with Crippen LogP contribution >= 0.6 is 0 Å². The Labute approximate surface area is 187 Å². The summed E-state index contributed by atoms with van der Waals surface area (Å²) in [7, 11) is 0. The van der Waals surface area contributed by atoms with Crippen LogP contribution in [-0.4, -0.2) is 17.4 Å². The number of hydrogen-bond acceptors (Lipinski definition) is 4. The molecular formula is C26H23N5O. The van der Waals surface area contributed by atoms with Gasteiger partial charge in [-0.15, -0.1) is 10.2 Å². The van der Waals surface area contributed by atoms with Crippen molar-refractivity contribution in [2.24, 2.45) is 5.10 Å². The maximum atomic E-state index is 13.4. The molecule has 0 aliphatic carbocycles. The van der Waals surface area contributed by atoms with Crippen molar-refractivity contribution < 1.29 is 4.79 Å². The maximum Gasteiger partial charge on any atom is 0.362 e. The molecule has 4 aromatic rings. The lowest BCUT2D eigenvalue weighted by Crippen LogP contribution is -2.49. The molecule has 6 heteroatoms. The van der Waals surface area contributed by atoms with E-state index in [0.29, 0.717) is 11.4 Å². The van der Waals surface area contributed by atoms with Crippen molar-refractivity contribution >= 4 is 29.3 Å². The van der Waals surface area contributed by atoms with Crippen LogP contribution in [0, 0.1) is 0 Å². The van der Waals surface area contributed by atoms with Crippen molar-refractivity contribution in [2.75, 3.05) is 15.9 Å². The number of hydrogen-bond donors (Lipinski definition) is 2. The van der Waals surface area contributed by atoms with Gasteiger partial charge in [-0.05, 0) is 42.0 Å². The summed E-state index contributed by atoms with van der Waals surface area (Å²) in [6, 6.07) is 37.6. The summed E-state index contributed by atoms with van der Waals surface area (Å²) >= 11 is 0. The normalized spacial score (nSPS) is 10.5. The van der Waals surface area contributed by atoms with Crippen LogP contribution in [0.25, 0.3) is 0 Å². The van der Waals surface area contributed by atoms with E-state index in [2.05, 4.69) is 15.8 Å². The minimum atomic E-state index is -0.394. The van der Waals surface area contributed by atoms with Gasteiger partial charge in [0, 0.05) is 5.69 Å². The van der Waals surface area contributed by atoms with E-state index in [1.54, 1.807) is 6.21 Å². The molecule has 0 aromatic heterocycles. The first-order valence-corrected chi connectivity index (χ1v) is 10.2. The zero-order chi connectivity index (χ0) is 22.0. The molecule has 0 aliphatic rings. The second-order valence-corrected chi connectivity index (χ2v) is 6.87. The third-order valence-electron chi connectivity index (χ3n) is 4.52. The van der Waals surface area contributed by atoms with Gasteiger partial charge in [0.25, 0.3) is 0 Å². The Morgan fingerprint density at radius 3 is 1.75 bits per heavy atom. The molecule has 2 N–H and O–H groups in total. The number of hydrazone groups is 1. The van der Waals surface area contributed by atoms with Gasteiger partial charge >= 0.3 is 6.03 Å². The van der Waals surface area contributed by atoms with Gasteiger partial charge in [-0.2, -0.15) is 5.10 Å². The van der Waals surface area contributed by atoms with E-state index in [1.165, 1.54) is 10.2 Å². The molecule has 0 heterocycles. The number of nitrogens with zero attached hydrogens (tertiary/aromatic N) is 3. The average molecular weight is 422 g/mol. The third kappa shape index (κ3) is 5.52. The molecule has 0 bridgehead atoms. The molecule has 0 unspecified atom stereocenters. The van der Waals surface area contributed by atoms with Crippen LogP contribution in [0.5, 0.6) is 0 Å². The van der Waals surface area contributed by atoms with Gasteiger partial charge in [-0.3, -0.25) is 5.43 Å². The van der Waals surface area contributed by atoms with Crippen molar-refractivity contribution in [1.29, 1.82) is 0 Å². The molecule has 2 amide bonds. The topological polar surface area (TPSA) is 60.0 Å². The summed E-state index contributed by atoms with van der Waals surface area (Å²) in [5.74, 6) is 0. The Hall–Kier alpha value is -4.58. The minimum Gasteiger partial charge on any atom is -0.305 e. The average Bonchev–Trinajstić information content (AvgIpc) is 2.86. The molecule has 4 aromatic carbocycles. The van der Waals surface area contributed by atoms with Gasteiger partial charge in [-0.25, -0.2) is 4.79 Å². The highest BCUT2D eigenvalue weighted by molar-refractivity contribution is 5.91. The summed E-state index contributed by atoms with van der Waals surface area (Å²) in [6.45, 7) is 0. The van der Waals surface area contributed by atoms with E-state index >= 15 is 0 Å². The van der Waals surface area contributed by atoms with Crippen molar-refractivity contribution in [1.82, 2.24) is 5.12 Å². The monoisotopic (exact) mass is 421 g/mol. The number of urea groups is 1.